The molecule has 1 fully saturated rings. The van der Waals surface area contributed by atoms with E-state index in [1.165, 1.54) is 24.1 Å². The highest BCUT2D eigenvalue weighted by Crippen LogP contribution is 2.39. The minimum atomic E-state index is 0.533. The number of rotatable bonds is 3. The fourth-order valence-electron chi connectivity index (χ4n) is 2.46. The van der Waals surface area contributed by atoms with Gasteiger partial charge in [0.25, 0.3) is 0 Å². The lowest BCUT2D eigenvalue weighted by atomic mass is 9.85. The summed E-state index contributed by atoms with van der Waals surface area (Å²) in [7, 11) is 0. The molecule has 20 heavy (non-hydrogen) atoms. The third-order valence-electron chi connectivity index (χ3n) is 3.88. The highest BCUT2D eigenvalue weighted by atomic mass is 32.1. The Bertz CT molecular complexity index is 765. The number of thiophene rings is 1. The van der Waals surface area contributed by atoms with Crippen LogP contribution in [0.4, 0.5) is 5.00 Å². The maximum absolute atomic E-state index is 6.11. The number of aryl methyl sites for hydroxylation is 1. The summed E-state index contributed by atoms with van der Waals surface area (Å²) in [4.78, 5) is 2.16. The summed E-state index contributed by atoms with van der Waals surface area (Å²) in [5.41, 5.74) is 7.16. The van der Waals surface area contributed by atoms with Gasteiger partial charge in [-0.3, -0.25) is 0 Å². The number of fused-ring (bicyclic) bond motifs is 1. The number of anilines is 1. The van der Waals surface area contributed by atoms with E-state index in [0.717, 1.165) is 32.8 Å². The average Bonchev–Trinajstić information content (AvgIpc) is 3.02. The van der Waals surface area contributed by atoms with E-state index in [2.05, 4.69) is 23.2 Å². The molecule has 0 bridgehead atoms. The molecule has 104 valence electrons. The molecular formula is C13H15N5S2. The van der Waals surface area contributed by atoms with Crippen molar-refractivity contribution in [1.29, 1.82) is 0 Å². The van der Waals surface area contributed by atoms with Gasteiger partial charge in [0.2, 0.25) is 4.96 Å². The zero-order chi connectivity index (χ0) is 13.7. The first-order chi connectivity index (χ1) is 9.76. The molecule has 0 amide bonds. The van der Waals surface area contributed by atoms with Gasteiger partial charge in [-0.2, -0.15) is 9.61 Å². The summed E-state index contributed by atoms with van der Waals surface area (Å²) in [6, 6.07) is 2.15. The third-order valence-corrected chi connectivity index (χ3v) is 5.92. The van der Waals surface area contributed by atoms with E-state index >= 15 is 0 Å². The fraction of sp³-hybridized carbons (Fsp3) is 0.462. The molecule has 1 aliphatic rings. The van der Waals surface area contributed by atoms with Crippen molar-refractivity contribution in [2.45, 2.75) is 38.5 Å². The molecule has 2 N–H and O–H groups in total. The van der Waals surface area contributed by atoms with Gasteiger partial charge in [-0.05, 0) is 25.3 Å². The van der Waals surface area contributed by atoms with Crippen LogP contribution in [0, 0.1) is 0 Å². The zero-order valence-corrected chi connectivity index (χ0v) is 12.8. The highest BCUT2D eigenvalue weighted by molar-refractivity contribution is 7.21. The van der Waals surface area contributed by atoms with Gasteiger partial charge in [0.15, 0.2) is 10.8 Å². The second kappa shape index (κ2) is 4.53. The minimum Gasteiger partial charge on any atom is -0.390 e. The van der Waals surface area contributed by atoms with Crippen LogP contribution >= 0.6 is 22.7 Å². The molecular weight excluding hydrogens is 290 g/mol. The number of nitrogens with zero attached hydrogens (tertiary/aromatic N) is 4. The Hall–Kier alpha value is -1.47. The van der Waals surface area contributed by atoms with Crippen LogP contribution in [0.25, 0.3) is 15.5 Å². The topological polar surface area (TPSA) is 69.1 Å². The Morgan fingerprint density at radius 3 is 2.85 bits per heavy atom. The molecule has 0 aliphatic heterocycles. The molecule has 7 heteroatoms. The van der Waals surface area contributed by atoms with E-state index in [0.29, 0.717) is 5.92 Å². The maximum atomic E-state index is 6.11. The van der Waals surface area contributed by atoms with Gasteiger partial charge >= 0.3 is 0 Å². The molecule has 0 unspecified atom stereocenters. The van der Waals surface area contributed by atoms with Crippen LogP contribution in [-0.4, -0.2) is 19.8 Å². The average molecular weight is 305 g/mol. The summed E-state index contributed by atoms with van der Waals surface area (Å²) in [5, 5.41) is 15.0. The first-order valence-electron chi connectivity index (χ1n) is 6.87. The van der Waals surface area contributed by atoms with Crippen LogP contribution in [0.2, 0.25) is 0 Å². The molecule has 0 atom stereocenters. The molecule has 1 saturated carbocycles. The molecule has 4 rings (SSSR count). The van der Waals surface area contributed by atoms with E-state index in [9.17, 15) is 0 Å². The summed E-state index contributed by atoms with van der Waals surface area (Å²) in [5.74, 6) is 1.55. The minimum absolute atomic E-state index is 0.533. The number of aromatic nitrogens is 4. The molecule has 0 radical (unpaired) electrons. The van der Waals surface area contributed by atoms with Crippen molar-refractivity contribution in [2.75, 3.05) is 5.73 Å². The standard InChI is InChI=1S/C13H15N5S2/c1-2-8-6-9(10(14)19-8)12-17-18-11(7-4-3-5-7)15-16-13(18)20-12/h6-7H,2-5,14H2,1H3. The first kappa shape index (κ1) is 12.3. The second-order valence-electron chi connectivity index (χ2n) is 5.13. The van der Waals surface area contributed by atoms with E-state index < -0.39 is 0 Å². The Balaban J connectivity index is 1.80. The van der Waals surface area contributed by atoms with Crippen molar-refractivity contribution in [3.8, 4) is 10.6 Å². The highest BCUT2D eigenvalue weighted by Gasteiger charge is 2.26. The van der Waals surface area contributed by atoms with Crippen molar-refractivity contribution < 1.29 is 0 Å². The molecule has 1 aliphatic carbocycles. The first-order valence-corrected chi connectivity index (χ1v) is 8.50. The predicted octanol–water partition coefficient (Wildman–Crippen LogP) is 3.33. The summed E-state index contributed by atoms with van der Waals surface area (Å²) < 4.78 is 1.91. The zero-order valence-electron chi connectivity index (χ0n) is 11.2. The van der Waals surface area contributed by atoms with Crippen molar-refractivity contribution in [3.05, 3.63) is 16.8 Å². The molecule has 0 saturated heterocycles. The molecule has 0 aromatic carbocycles. The van der Waals surface area contributed by atoms with E-state index in [1.807, 2.05) is 4.52 Å². The molecule has 3 heterocycles. The lowest BCUT2D eigenvalue weighted by Crippen LogP contribution is -2.12. The van der Waals surface area contributed by atoms with Gasteiger partial charge in [0.1, 0.15) is 0 Å². The normalized spacial score (nSPS) is 15.8. The van der Waals surface area contributed by atoms with Crippen LogP contribution in [0.1, 0.15) is 42.8 Å². The van der Waals surface area contributed by atoms with Crippen molar-refractivity contribution >= 4 is 32.6 Å². The molecule has 3 aromatic heterocycles. The van der Waals surface area contributed by atoms with Crippen molar-refractivity contribution in [3.63, 3.8) is 0 Å². The summed E-state index contributed by atoms with van der Waals surface area (Å²) in [6.45, 7) is 2.14. The Morgan fingerprint density at radius 1 is 1.35 bits per heavy atom. The summed E-state index contributed by atoms with van der Waals surface area (Å²) >= 11 is 3.21. The van der Waals surface area contributed by atoms with Gasteiger partial charge in [-0.15, -0.1) is 21.5 Å². The van der Waals surface area contributed by atoms with E-state index in [4.69, 9.17) is 10.8 Å². The van der Waals surface area contributed by atoms with Gasteiger partial charge < -0.3 is 5.73 Å². The second-order valence-corrected chi connectivity index (χ2v) is 7.26. The lowest BCUT2D eigenvalue weighted by Gasteiger charge is -2.22. The number of hydrogen-bond acceptors (Lipinski definition) is 6. The molecule has 5 nitrogen and oxygen atoms in total. The lowest BCUT2D eigenvalue weighted by molar-refractivity contribution is 0.395. The maximum Gasteiger partial charge on any atom is 0.234 e. The van der Waals surface area contributed by atoms with Crippen LogP contribution in [0.15, 0.2) is 6.07 Å². The third kappa shape index (κ3) is 1.76. The Labute approximate surface area is 124 Å². The number of nitrogen functional groups attached to an aromatic ring is 1. The van der Waals surface area contributed by atoms with Crippen LogP contribution < -0.4 is 5.73 Å². The largest absolute Gasteiger partial charge is 0.390 e. The van der Waals surface area contributed by atoms with Crippen LogP contribution in [-0.2, 0) is 6.42 Å². The van der Waals surface area contributed by atoms with Gasteiger partial charge in [0.05, 0.1) is 5.00 Å². The summed E-state index contributed by atoms with van der Waals surface area (Å²) in [6.07, 6.45) is 4.70. The Kier molecular flexibility index (Phi) is 2.78. The van der Waals surface area contributed by atoms with Crippen molar-refractivity contribution in [1.82, 2.24) is 19.8 Å². The number of nitrogens with two attached hydrogens (primary N) is 1. The van der Waals surface area contributed by atoms with Gasteiger partial charge in [-0.25, -0.2) is 0 Å². The van der Waals surface area contributed by atoms with Crippen LogP contribution in [0.3, 0.4) is 0 Å². The fourth-order valence-corrected chi connectivity index (χ4v) is 4.27. The smallest absolute Gasteiger partial charge is 0.234 e. The predicted molar refractivity (Wildman–Crippen MR) is 82.4 cm³/mol. The SMILES string of the molecule is CCc1cc(-c2nn3c(C4CCC4)nnc3s2)c(N)s1. The quantitative estimate of drug-likeness (QED) is 0.806. The van der Waals surface area contributed by atoms with Gasteiger partial charge in [-0.1, -0.05) is 24.7 Å². The van der Waals surface area contributed by atoms with Crippen molar-refractivity contribution in [2.24, 2.45) is 0 Å². The molecule has 0 spiro atoms. The Morgan fingerprint density at radius 2 is 2.20 bits per heavy atom. The van der Waals surface area contributed by atoms with Crippen LogP contribution in [0.5, 0.6) is 0 Å². The number of hydrogen-bond donors (Lipinski definition) is 1. The van der Waals surface area contributed by atoms with Gasteiger partial charge in [0, 0.05) is 16.4 Å². The van der Waals surface area contributed by atoms with E-state index in [-0.39, 0.29) is 0 Å². The molecule has 3 aromatic rings. The monoisotopic (exact) mass is 305 g/mol. The van der Waals surface area contributed by atoms with E-state index in [1.54, 1.807) is 22.7 Å².